The van der Waals surface area contributed by atoms with E-state index in [1.807, 2.05) is 30.3 Å². The van der Waals surface area contributed by atoms with Crippen LogP contribution in [0.5, 0.6) is 5.75 Å². The molecule has 0 unspecified atom stereocenters. The molecule has 0 spiro atoms. The molecule has 0 fully saturated rings. The molecule has 0 aromatic heterocycles. The summed E-state index contributed by atoms with van der Waals surface area (Å²) in [6.07, 6.45) is 0. The SMILES string of the molecule is Nc1cc(Cl)c(Sc2ccccc2)cc1O. The summed E-state index contributed by atoms with van der Waals surface area (Å²) in [6.45, 7) is 0. The van der Waals surface area contributed by atoms with Crippen molar-refractivity contribution in [2.45, 2.75) is 9.79 Å². The minimum absolute atomic E-state index is 0.0582. The predicted molar refractivity (Wildman–Crippen MR) is 68.1 cm³/mol. The van der Waals surface area contributed by atoms with Crippen molar-refractivity contribution in [3.05, 3.63) is 47.5 Å². The number of anilines is 1. The van der Waals surface area contributed by atoms with Crippen LogP contribution in [0.1, 0.15) is 0 Å². The molecule has 3 N–H and O–H groups in total. The van der Waals surface area contributed by atoms with E-state index in [0.29, 0.717) is 10.7 Å². The predicted octanol–water partition coefficient (Wildman–Crippen LogP) is 3.78. The molecule has 16 heavy (non-hydrogen) atoms. The highest BCUT2D eigenvalue weighted by Gasteiger charge is 2.07. The van der Waals surface area contributed by atoms with Gasteiger partial charge in [0, 0.05) is 9.79 Å². The standard InChI is InChI=1S/C12H10ClNOS/c13-9-6-10(14)11(15)7-12(9)16-8-4-2-1-3-5-8/h1-7,15H,14H2. The molecule has 2 nitrogen and oxygen atoms in total. The average molecular weight is 252 g/mol. The molecule has 0 saturated heterocycles. The first-order valence-corrected chi connectivity index (χ1v) is 5.87. The van der Waals surface area contributed by atoms with Gasteiger partial charge in [0.2, 0.25) is 0 Å². The second kappa shape index (κ2) is 4.68. The number of phenolic OH excluding ortho intramolecular Hbond substituents is 1. The highest BCUT2D eigenvalue weighted by atomic mass is 35.5. The van der Waals surface area contributed by atoms with Crippen LogP contribution < -0.4 is 5.73 Å². The summed E-state index contributed by atoms with van der Waals surface area (Å²) in [5.41, 5.74) is 5.83. The van der Waals surface area contributed by atoms with E-state index in [1.54, 1.807) is 12.1 Å². The van der Waals surface area contributed by atoms with Gasteiger partial charge in [0.1, 0.15) is 5.75 Å². The minimum Gasteiger partial charge on any atom is -0.506 e. The Morgan fingerprint density at radius 3 is 2.50 bits per heavy atom. The van der Waals surface area contributed by atoms with Gasteiger partial charge in [-0.2, -0.15) is 0 Å². The lowest BCUT2D eigenvalue weighted by Gasteiger charge is -2.06. The maximum absolute atomic E-state index is 9.51. The van der Waals surface area contributed by atoms with Gasteiger partial charge < -0.3 is 10.8 Å². The zero-order valence-corrected chi connectivity index (χ0v) is 9.92. The number of halogens is 1. The third-order valence-electron chi connectivity index (χ3n) is 2.05. The van der Waals surface area contributed by atoms with E-state index in [0.717, 1.165) is 9.79 Å². The van der Waals surface area contributed by atoms with Crippen molar-refractivity contribution in [1.82, 2.24) is 0 Å². The molecular weight excluding hydrogens is 242 g/mol. The zero-order chi connectivity index (χ0) is 11.5. The second-order valence-electron chi connectivity index (χ2n) is 3.26. The van der Waals surface area contributed by atoms with Gasteiger partial charge >= 0.3 is 0 Å². The molecule has 4 heteroatoms. The first-order valence-electron chi connectivity index (χ1n) is 4.67. The van der Waals surface area contributed by atoms with Crippen molar-refractivity contribution in [2.75, 3.05) is 5.73 Å². The summed E-state index contributed by atoms with van der Waals surface area (Å²) in [4.78, 5) is 1.85. The lowest BCUT2D eigenvalue weighted by Crippen LogP contribution is -1.86. The van der Waals surface area contributed by atoms with E-state index < -0.39 is 0 Å². The Bertz CT molecular complexity index is 502. The Balaban J connectivity index is 2.32. The van der Waals surface area contributed by atoms with Crippen molar-refractivity contribution in [2.24, 2.45) is 0 Å². The number of hydrogen-bond donors (Lipinski definition) is 2. The molecule has 0 aliphatic rings. The van der Waals surface area contributed by atoms with Crippen LogP contribution in [-0.4, -0.2) is 5.11 Å². The number of hydrogen-bond acceptors (Lipinski definition) is 3. The van der Waals surface area contributed by atoms with Gasteiger partial charge in [-0.1, -0.05) is 41.6 Å². The molecule has 0 heterocycles. The fraction of sp³-hybridized carbons (Fsp3) is 0. The van der Waals surface area contributed by atoms with Crippen molar-refractivity contribution in [1.29, 1.82) is 0 Å². The lowest BCUT2D eigenvalue weighted by molar-refractivity contribution is 0.476. The first kappa shape index (κ1) is 11.2. The van der Waals surface area contributed by atoms with Crippen LogP contribution in [0.15, 0.2) is 52.3 Å². The van der Waals surface area contributed by atoms with Crippen molar-refractivity contribution in [3.63, 3.8) is 0 Å². The Hall–Kier alpha value is -1.32. The maximum Gasteiger partial charge on any atom is 0.139 e. The van der Waals surface area contributed by atoms with Crippen molar-refractivity contribution >= 4 is 29.1 Å². The second-order valence-corrected chi connectivity index (χ2v) is 4.78. The number of aromatic hydroxyl groups is 1. The van der Waals surface area contributed by atoms with E-state index in [4.69, 9.17) is 17.3 Å². The summed E-state index contributed by atoms with van der Waals surface area (Å²) in [7, 11) is 0. The van der Waals surface area contributed by atoms with E-state index in [1.165, 1.54) is 11.8 Å². The minimum atomic E-state index is 0.0582. The van der Waals surface area contributed by atoms with Gasteiger partial charge in [0.25, 0.3) is 0 Å². The number of benzene rings is 2. The number of nitrogen functional groups attached to an aromatic ring is 1. The van der Waals surface area contributed by atoms with Crippen LogP contribution in [-0.2, 0) is 0 Å². The quantitative estimate of drug-likeness (QED) is 0.631. The monoisotopic (exact) mass is 251 g/mol. The maximum atomic E-state index is 9.51. The number of rotatable bonds is 2. The molecule has 0 bridgehead atoms. The summed E-state index contributed by atoms with van der Waals surface area (Å²) in [6, 6.07) is 13.0. The number of phenols is 1. The van der Waals surface area contributed by atoms with Gasteiger partial charge in [0.15, 0.2) is 0 Å². The largest absolute Gasteiger partial charge is 0.506 e. The summed E-state index contributed by atoms with van der Waals surface area (Å²) < 4.78 is 0. The Kier molecular flexibility index (Phi) is 3.27. The van der Waals surface area contributed by atoms with Crippen LogP contribution in [0.3, 0.4) is 0 Å². The van der Waals surface area contributed by atoms with Crippen LogP contribution in [0, 0.1) is 0 Å². The van der Waals surface area contributed by atoms with E-state index >= 15 is 0 Å². The molecule has 0 saturated carbocycles. The highest BCUT2D eigenvalue weighted by Crippen LogP contribution is 2.37. The van der Waals surface area contributed by atoms with Crippen LogP contribution in [0.25, 0.3) is 0 Å². The fourth-order valence-electron chi connectivity index (χ4n) is 1.25. The Morgan fingerprint density at radius 1 is 1.12 bits per heavy atom. The molecular formula is C12H10ClNOS. The van der Waals surface area contributed by atoms with Crippen LogP contribution in [0.4, 0.5) is 5.69 Å². The normalized spacial score (nSPS) is 10.3. The number of nitrogens with two attached hydrogens (primary N) is 1. The molecule has 0 atom stereocenters. The van der Waals surface area contributed by atoms with E-state index in [-0.39, 0.29) is 5.75 Å². The van der Waals surface area contributed by atoms with Gasteiger partial charge in [0.05, 0.1) is 10.7 Å². The van der Waals surface area contributed by atoms with Gasteiger partial charge in [-0.25, -0.2) is 0 Å². The van der Waals surface area contributed by atoms with Gasteiger partial charge in [-0.05, 0) is 24.3 Å². The fourth-order valence-corrected chi connectivity index (χ4v) is 2.41. The topological polar surface area (TPSA) is 46.2 Å². The Morgan fingerprint density at radius 2 is 1.81 bits per heavy atom. The first-order chi connectivity index (χ1) is 7.66. The molecule has 82 valence electrons. The third-order valence-corrected chi connectivity index (χ3v) is 3.54. The van der Waals surface area contributed by atoms with Crippen molar-refractivity contribution < 1.29 is 5.11 Å². The molecule has 0 aliphatic heterocycles. The van der Waals surface area contributed by atoms with E-state index in [2.05, 4.69) is 0 Å². The van der Waals surface area contributed by atoms with E-state index in [9.17, 15) is 5.11 Å². The van der Waals surface area contributed by atoms with Gasteiger partial charge in [-0.3, -0.25) is 0 Å². The molecule has 2 aromatic rings. The molecule has 0 aliphatic carbocycles. The van der Waals surface area contributed by atoms with Gasteiger partial charge in [-0.15, -0.1) is 0 Å². The molecule has 2 aromatic carbocycles. The molecule has 0 radical (unpaired) electrons. The summed E-state index contributed by atoms with van der Waals surface area (Å²) in [5.74, 6) is 0.0582. The molecule has 0 amide bonds. The highest BCUT2D eigenvalue weighted by molar-refractivity contribution is 7.99. The summed E-state index contributed by atoms with van der Waals surface area (Å²) >= 11 is 7.53. The Labute approximate surface area is 103 Å². The average Bonchev–Trinajstić information content (AvgIpc) is 2.27. The van der Waals surface area contributed by atoms with Crippen LogP contribution >= 0.6 is 23.4 Å². The smallest absolute Gasteiger partial charge is 0.139 e. The molecule has 2 rings (SSSR count). The van der Waals surface area contributed by atoms with Crippen LogP contribution in [0.2, 0.25) is 5.02 Å². The lowest BCUT2D eigenvalue weighted by atomic mass is 10.3. The van der Waals surface area contributed by atoms with Crippen molar-refractivity contribution in [3.8, 4) is 5.75 Å². The zero-order valence-electron chi connectivity index (χ0n) is 8.35. The summed E-state index contributed by atoms with van der Waals surface area (Å²) in [5, 5.41) is 10.1. The third kappa shape index (κ3) is 2.43.